The van der Waals surface area contributed by atoms with E-state index < -0.39 is 0 Å². The van der Waals surface area contributed by atoms with Crippen LogP contribution >= 0.6 is 0 Å². The number of nitrogens with zero attached hydrogens (tertiary/aromatic N) is 3. The van der Waals surface area contributed by atoms with E-state index in [1.807, 2.05) is 34.7 Å². The Kier molecular flexibility index (Phi) is 4.48. The van der Waals surface area contributed by atoms with E-state index in [1.165, 1.54) is 0 Å². The summed E-state index contributed by atoms with van der Waals surface area (Å²) >= 11 is 0. The van der Waals surface area contributed by atoms with Gasteiger partial charge in [-0.25, -0.2) is 0 Å². The molecule has 0 radical (unpaired) electrons. The molecular formula is C18H23N3O2. The second kappa shape index (κ2) is 6.54. The van der Waals surface area contributed by atoms with Crippen molar-refractivity contribution in [3.63, 3.8) is 0 Å². The number of aromatic nitrogens is 2. The highest BCUT2D eigenvalue weighted by Crippen LogP contribution is 2.22. The molecule has 5 nitrogen and oxygen atoms in total. The van der Waals surface area contributed by atoms with Crippen molar-refractivity contribution in [2.75, 3.05) is 13.1 Å². The Morgan fingerprint density at radius 1 is 1.39 bits per heavy atom. The van der Waals surface area contributed by atoms with Crippen LogP contribution in [0, 0.1) is 12.8 Å². The summed E-state index contributed by atoms with van der Waals surface area (Å²) in [5.41, 5.74) is 2.71. The molecule has 2 atom stereocenters. The summed E-state index contributed by atoms with van der Waals surface area (Å²) in [4.78, 5) is 14.5. The summed E-state index contributed by atoms with van der Waals surface area (Å²) in [6.45, 7) is 5.72. The smallest absolute Gasteiger partial charge is 0.257 e. The second-order valence-electron chi connectivity index (χ2n) is 6.33. The molecule has 0 saturated carbocycles. The Morgan fingerprint density at radius 2 is 2.13 bits per heavy atom. The molecule has 122 valence electrons. The summed E-state index contributed by atoms with van der Waals surface area (Å²) in [6.07, 6.45) is 2.16. The predicted molar refractivity (Wildman–Crippen MR) is 88.2 cm³/mol. The zero-order valence-corrected chi connectivity index (χ0v) is 13.6. The predicted octanol–water partition coefficient (Wildman–Crippen LogP) is 2.08. The number of hydrogen-bond donors (Lipinski definition) is 1. The summed E-state index contributed by atoms with van der Waals surface area (Å²) < 4.78 is 1.87. The van der Waals surface area contributed by atoms with Crippen molar-refractivity contribution in [3.05, 3.63) is 53.3 Å². The first-order chi connectivity index (χ1) is 11.1. The summed E-state index contributed by atoms with van der Waals surface area (Å²) in [7, 11) is 0. The molecule has 1 fully saturated rings. The van der Waals surface area contributed by atoms with E-state index in [1.54, 1.807) is 13.1 Å². The summed E-state index contributed by atoms with van der Waals surface area (Å²) in [6, 6.07) is 10.1. The van der Waals surface area contributed by atoms with Gasteiger partial charge in [-0.3, -0.25) is 9.48 Å². The molecular weight excluding hydrogens is 290 g/mol. The van der Waals surface area contributed by atoms with E-state index >= 15 is 0 Å². The number of aliphatic hydroxyl groups excluding tert-OH is 1. The van der Waals surface area contributed by atoms with Gasteiger partial charge in [0.05, 0.1) is 24.4 Å². The molecule has 2 unspecified atom stereocenters. The molecule has 0 spiro atoms. The lowest BCUT2D eigenvalue weighted by Crippen LogP contribution is -2.30. The topological polar surface area (TPSA) is 58.4 Å². The third-order valence-corrected chi connectivity index (χ3v) is 4.70. The molecule has 1 aromatic carbocycles. The SMILES string of the molecule is Cc1c(C(=O)N2CCC(C(C)O)C2)cnn1Cc1ccccc1. The quantitative estimate of drug-likeness (QED) is 0.940. The fourth-order valence-corrected chi connectivity index (χ4v) is 3.11. The lowest BCUT2D eigenvalue weighted by atomic mass is 10.0. The number of carbonyl (C=O) groups excluding carboxylic acids is 1. The van der Waals surface area contributed by atoms with Crippen LogP contribution in [0.5, 0.6) is 0 Å². The van der Waals surface area contributed by atoms with E-state index in [0.29, 0.717) is 25.2 Å². The molecule has 2 heterocycles. The van der Waals surface area contributed by atoms with Crippen LogP contribution in [-0.2, 0) is 6.54 Å². The van der Waals surface area contributed by atoms with Gasteiger partial charge in [-0.1, -0.05) is 30.3 Å². The lowest BCUT2D eigenvalue weighted by Gasteiger charge is -2.17. The van der Waals surface area contributed by atoms with E-state index in [4.69, 9.17) is 0 Å². The first kappa shape index (κ1) is 15.7. The monoisotopic (exact) mass is 313 g/mol. The summed E-state index contributed by atoms with van der Waals surface area (Å²) in [5.74, 6) is 0.198. The van der Waals surface area contributed by atoms with Gasteiger partial charge in [0, 0.05) is 24.7 Å². The van der Waals surface area contributed by atoms with Gasteiger partial charge >= 0.3 is 0 Å². The van der Waals surface area contributed by atoms with Crippen molar-refractivity contribution in [2.45, 2.75) is 32.9 Å². The zero-order chi connectivity index (χ0) is 16.4. The van der Waals surface area contributed by atoms with Crippen molar-refractivity contribution in [2.24, 2.45) is 5.92 Å². The van der Waals surface area contributed by atoms with Crippen LogP contribution in [0.1, 0.15) is 35.0 Å². The van der Waals surface area contributed by atoms with Crippen molar-refractivity contribution in [3.8, 4) is 0 Å². The molecule has 0 bridgehead atoms. The minimum absolute atomic E-state index is 0.0185. The highest BCUT2D eigenvalue weighted by molar-refractivity contribution is 5.95. The molecule has 1 amide bonds. The first-order valence-corrected chi connectivity index (χ1v) is 8.10. The van der Waals surface area contributed by atoms with Crippen molar-refractivity contribution >= 4 is 5.91 Å². The van der Waals surface area contributed by atoms with Gasteiger partial charge in [-0.15, -0.1) is 0 Å². The largest absolute Gasteiger partial charge is 0.393 e. The van der Waals surface area contributed by atoms with E-state index in [2.05, 4.69) is 17.2 Å². The van der Waals surface area contributed by atoms with Crippen LogP contribution in [0.4, 0.5) is 0 Å². The molecule has 1 aliphatic rings. The van der Waals surface area contributed by atoms with Gasteiger partial charge in [0.25, 0.3) is 5.91 Å². The van der Waals surface area contributed by atoms with Crippen LogP contribution in [0.25, 0.3) is 0 Å². The Bertz CT molecular complexity index is 679. The first-order valence-electron chi connectivity index (χ1n) is 8.10. The normalized spacial score (nSPS) is 19.1. The minimum Gasteiger partial charge on any atom is -0.393 e. The molecule has 5 heteroatoms. The lowest BCUT2D eigenvalue weighted by molar-refractivity contribution is 0.0761. The average molecular weight is 313 g/mol. The maximum absolute atomic E-state index is 12.7. The summed E-state index contributed by atoms with van der Waals surface area (Å²) in [5, 5.41) is 14.1. The van der Waals surface area contributed by atoms with Crippen molar-refractivity contribution in [1.82, 2.24) is 14.7 Å². The molecule has 1 aliphatic heterocycles. The Labute approximate surface area is 136 Å². The number of aliphatic hydroxyl groups is 1. The van der Waals surface area contributed by atoms with Gasteiger partial charge in [0.15, 0.2) is 0 Å². The molecule has 23 heavy (non-hydrogen) atoms. The molecule has 1 saturated heterocycles. The second-order valence-corrected chi connectivity index (χ2v) is 6.33. The molecule has 1 N–H and O–H groups in total. The molecule has 0 aliphatic carbocycles. The van der Waals surface area contributed by atoms with Gasteiger partial charge in [-0.2, -0.15) is 5.10 Å². The number of amides is 1. The van der Waals surface area contributed by atoms with Crippen LogP contribution in [-0.4, -0.2) is 44.9 Å². The Balaban J connectivity index is 1.73. The van der Waals surface area contributed by atoms with Crippen LogP contribution in [0.2, 0.25) is 0 Å². The van der Waals surface area contributed by atoms with Gasteiger partial charge in [0.2, 0.25) is 0 Å². The minimum atomic E-state index is -0.366. The van der Waals surface area contributed by atoms with Gasteiger partial charge in [0.1, 0.15) is 0 Å². The van der Waals surface area contributed by atoms with Crippen LogP contribution < -0.4 is 0 Å². The Morgan fingerprint density at radius 3 is 2.78 bits per heavy atom. The Hall–Kier alpha value is -2.14. The number of carbonyl (C=O) groups is 1. The maximum Gasteiger partial charge on any atom is 0.257 e. The third kappa shape index (κ3) is 3.29. The standard InChI is InChI=1S/C18H23N3O2/c1-13-17(18(23)20-9-8-16(12-20)14(2)22)10-19-21(13)11-15-6-4-3-5-7-15/h3-7,10,14,16,22H,8-9,11-12H2,1-2H3. The highest BCUT2D eigenvalue weighted by atomic mass is 16.3. The molecule has 2 aromatic rings. The van der Waals surface area contributed by atoms with Gasteiger partial charge in [-0.05, 0) is 25.8 Å². The zero-order valence-electron chi connectivity index (χ0n) is 13.6. The van der Waals surface area contributed by atoms with E-state index in [-0.39, 0.29) is 17.9 Å². The number of likely N-dealkylation sites (tertiary alicyclic amines) is 1. The van der Waals surface area contributed by atoms with Crippen molar-refractivity contribution < 1.29 is 9.90 Å². The fourth-order valence-electron chi connectivity index (χ4n) is 3.11. The van der Waals surface area contributed by atoms with E-state index in [0.717, 1.165) is 17.7 Å². The number of hydrogen-bond acceptors (Lipinski definition) is 3. The van der Waals surface area contributed by atoms with Gasteiger partial charge < -0.3 is 10.0 Å². The number of benzene rings is 1. The highest BCUT2D eigenvalue weighted by Gasteiger charge is 2.30. The maximum atomic E-state index is 12.7. The van der Waals surface area contributed by atoms with Crippen LogP contribution in [0.15, 0.2) is 36.5 Å². The van der Waals surface area contributed by atoms with Crippen molar-refractivity contribution in [1.29, 1.82) is 0 Å². The molecule has 1 aromatic heterocycles. The average Bonchev–Trinajstić information content (AvgIpc) is 3.16. The third-order valence-electron chi connectivity index (χ3n) is 4.70. The van der Waals surface area contributed by atoms with Crippen LogP contribution in [0.3, 0.4) is 0 Å². The molecule has 3 rings (SSSR count). The number of rotatable bonds is 4. The van der Waals surface area contributed by atoms with E-state index in [9.17, 15) is 9.90 Å². The fraction of sp³-hybridized carbons (Fsp3) is 0.444.